The van der Waals surface area contributed by atoms with E-state index in [-0.39, 0.29) is 9.77 Å². The molecule has 0 fully saturated rings. The standard InChI is InChI=1S/C12H15NO4S2/c1-3-4-5-6-7-13-19(16,17)11-8-10(12(14)15)18-9(11)2/h1,8,13H,4-7H2,2H3,(H,14,15). The fraction of sp³-hybridized carbons (Fsp3) is 0.417. The minimum Gasteiger partial charge on any atom is -0.477 e. The van der Waals surface area contributed by atoms with Crippen LogP contribution >= 0.6 is 11.3 Å². The summed E-state index contributed by atoms with van der Waals surface area (Å²) in [6, 6.07) is 1.19. The first-order valence-electron chi connectivity index (χ1n) is 5.65. The fourth-order valence-electron chi connectivity index (χ4n) is 1.47. The predicted octanol–water partition coefficient (Wildman–Crippen LogP) is 1.84. The quantitative estimate of drug-likeness (QED) is 0.594. The summed E-state index contributed by atoms with van der Waals surface area (Å²) in [5, 5.41) is 8.84. The molecule has 2 N–H and O–H groups in total. The molecule has 0 aromatic carbocycles. The highest BCUT2D eigenvalue weighted by atomic mass is 32.2. The Labute approximate surface area is 116 Å². The Balaban J connectivity index is 2.72. The molecule has 0 saturated carbocycles. The Kier molecular flexibility index (Phi) is 5.54. The smallest absolute Gasteiger partial charge is 0.345 e. The molecule has 1 aromatic heterocycles. The predicted molar refractivity (Wildman–Crippen MR) is 73.9 cm³/mol. The van der Waals surface area contributed by atoms with Gasteiger partial charge in [0.15, 0.2) is 0 Å². The van der Waals surface area contributed by atoms with Crippen LogP contribution in [0.4, 0.5) is 0 Å². The Morgan fingerprint density at radius 2 is 2.21 bits per heavy atom. The lowest BCUT2D eigenvalue weighted by molar-refractivity contribution is 0.0702. The largest absolute Gasteiger partial charge is 0.477 e. The van der Waals surface area contributed by atoms with E-state index in [1.54, 1.807) is 6.92 Å². The Hall–Kier alpha value is -1.36. The third kappa shape index (κ3) is 4.35. The molecule has 5 nitrogen and oxygen atoms in total. The van der Waals surface area contributed by atoms with Gasteiger partial charge in [-0.2, -0.15) is 0 Å². The molecule has 1 heterocycles. The maximum Gasteiger partial charge on any atom is 0.345 e. The Bertz CT molecular complexity index is 596. The molecular weight excluding hydrogens is 286 g/mol. The molecule has 0 aliphatic heterocycles. The molecule has 1 rings (SSSR count). The van der Waals surface area contributed by atoms with Crippen molar-refractivity contribution in [1.29, 1.82) is 0 Å². The van der Waals surface area contributed by atoms with Crippen LogP contribution in [-0.2, 0) is 10.0 Å². The molecule has 0 aliphatic carbocycles. The molecule has 0 amide bonds. The minimum atomic E-state index is -3.65. The van der Waals surface area contributed by atoms with Crippen LogP contribution in [-0.4, -0.2) is 26.0 Å². The second-order valence-corrected chi connectivity index (χ2v) is 6.89. The summed E-state index contributed by atoms with van der Waals surface area (Å²) in [7, 11) is -3.65. The molecule has 0 aliphatic rings. The SMILES string of the molecule is C#CCCCCNS(=O)(=O)c1cc(C(=O)O)sc1C. The highest BCUT2D eigenvalue weighted by Crippen LogP contribution is 2.25. The van der Waals surface area contributed by atoms with E-state index in [0.29, 0.717) is 24.3 Å². The average Bonchev–Trinajstić information content (AvgIpc) is 2.72. The first-order valence-corrected chi connectivity index (χ1v) is 7.95. The van der Waals surface area contributed by atoms with Crippen LogP contribution in [0.15, 0.2) is 11.0 Å². The monoisotopic (exact) mass is 301 g/mol. The summed E-state index contributed by atoms with van der Waals surface area (Å²) >= 11 is 0.951. The van der Waals surface area contributed by atoms with Crippen molar-refractivity contribution in [2.24, 2.45) is 0 Å². The van der Waals surface area contributed by atoms with Gasteiger partial charge in [-0.25, -0.2) is 17.9 Å². The van der Waals surface area contributed by atoms with E-state index in [2.05, 4.69) is 10.6 Å². The van der Waals surface area contributed by atoms with E-state index >= 15 is 0 Å². The van der Waals surface area contributed by atoms with Gasteiger partial charge in [-0.15, -0.1) is 23.7 Å². The highest BCUT2D eigenvalue weighted by Gasteiger charge is 2.21. The van der Waals surface area contributed by atoms with Gasteiger partial charge in [0.2, 0.25) is 10.0 Å². The molecule has 0 bridgehead atoms. The summed E-state index contributed by atoms with van der Waals surface area (Å²) in [4.78, 5) is 11.3. The van der Waals surface area contributed by atoms with Gasteiger partial charge in [0.25, 0.3) is 0 Å². The number of nitrogens with one attached hydrogen (secondary N) is 1. The van der Waals surface area contributed by atoms with Crippen molar-refractivity contribution in [3.8, 4) is 12.3 Å². The zero-order chi connectivity index (χ0) is 14.5. The zero-order valence-electron chi connectivity index (χ0n) is 10.5. The number of aryl methyl sites for hydroxylation is 1. The topological polar surface area (TPSA) is 83.5 Å². The first kappa shape index (κ1) is 15.7. The zero-order valence-corrected chi connectivity index (χ0v) is 12.1. The number of carboxylic acid groups (broad SMARTS) is 1. The van der Waals surface area contributed by atoms with Crippen molar-refractivity contribution in [3.05, 3.63) is 15.8 Å². The van der Waals surface area contributed by atoms with E-state index in [0.717, 1.165) is 17.8 Å². The number of rotatable bonds is 7. The summed E-state index contributed by atoms with van der Waals surface area (Å²) in [5.74, 6) is 1.36. The van der Waals surface area contributed by atoms with Crippen LogP contribution in [0.3, 0.4) is 0 Å². The molecule has 1 aromatic rings. The maximum atomic E-state index is 12.0. The van der Waals surface area contributed by atoms with Crippen molar-refractivity contribution >= 4 is 27.3 Å². The van der Waals surface area contributed by atoms with Gasteiger partial charge in [-0.1, -0.05) is 0 Å². The summed E-state index contributed by atoms with van der Waals surface area (Å²) in [6.45, 7) is 1.88. The minimum absolute atomic E-state index is 0.0187. The average molecular weight is 301 g/mol. The summed E-state index contributed by atoms with van der Waals surface area (Å²) in [6.07, 6.45) is 7.11. The van der Waals surface area contributed by atoms with Crippen molar-refractivity contribution in [2.45, 2.75) is 31.1 Å². The van der Waals surface area contributed by atoms with Gasteiger partial charge in [-0.05, 0) is 25.8 Å². The number of terminal acetylenes is 1. The Morgan fingerprint density at radius 3 is 2.74 bits per heavy atom. The van der Waals surface area contributed by atoms with Gasteiger partial charge >= 0.3 is 5.97 Å². The number of thiophene rings is 1. The van der Waals surface area contributed by atoms with Crippen LogP contribution in [0.1, 0.15) is 33.8 Å². The third-order valence-electron chi connectivity index (χ3n) is 2.41. The summed E-state index contributed by atoms with van der Waals surface area (Å²) < 4.78 is 26.4. The number of carboxylic acids is 1. The van der Waals surface area contributed by atoms with Crippen molar-refractivity contribution in [3.63, 3.8) is 0 Å². The molecule has 19 heavy (non-hydrogen) atoms. The third-order valence-corrected chi connectivity index (χ3v) is 5.17. The second-order valence-electron chi connectivity index (χ2n) is 3.90. The van der Waals surface area contributed by atoms with E-state index in [4.69, 9.17) is 11.5 Å². The molecule has 0 atom stereocenters. The molecule has 7 heteroatoms. The number of hydrogen-bond donors (Lipinski definition) is 2. The number of carbonyl (C=O) groups is 1. The summed E-state index contributed by atoms with van der Waals surface area (Å²) in [5.41, 5.74) is 0. The normalized spacial score (nSPS) is 11.2. The van der Waals surface area contributed by atoms with E-state index in [1.165, 1.54) is 6.07 Å². The number of hydrogen-bond acceptors (Lipinski definition) is 4. The molecule has 0 unspecified atom stereocenters. The van der Waals surface area contributed by atoms with Gasteiger partial charge in [-0.3, -0.25) is 0 Å². The lowest BCUT2D eigenvalue weighted by atomic mass is 10.2. The van der Waals surface area contributed by atoms with Crippen molar-refractivity contribution in [2.75, 3.05) is 6.54 Å². The van der Waals surface area contributed by atoms with Crippen molar-refractivity contribution in [1.82, 2.24) is 4.72 Å². The number of unbranched alkanes of at least 4 members (excludes halogenated alkanes) is 2. The first-order chi connectivity index (χ1) is 8.88. The lowest BCUT2D eigenvalue weighted by Crippen LogP contribution is -2.24. The molecule has 104 valence electrons. The van der Waals surface area contributed by atoms with Crippen LogP contribution in [0.25, 0.3) is 0 Å². The van der Waals surface area contributed by atoms with Crippen LogP contribution in [0, 0.1) is 19.3 Å². The maximum absolute atomic E-state index is 12.0. The molecule has 0 spiro atoms. The number of aromatic carboxylic acids is 1. The van der Waals surface area contributed by atoms with E-state index in [1.807, 2.05) is 0 Å². The fourth-order valence-corrected chi connectivity index (χ4v) is 3.98. The molecule has 0 radical (unpaired) electrons. The van der Waals surface area contributed by atoms with Gasteiger partial charge in [0.1, 0.15) is 4.88 Å². The van der Waals surface area contributed by atoms with Gasteiger partial charge < -0.3 is 5.11 Å². The van der Waals surface area contributed by atoms with E-state index < -0.39 is 16.0 Å². The van der Waals surface area contributed by atoms with Gasteiger partial charge in [0.05, 0.1) is 4.90 Å². The van der Waals surface area contributed by atoms with Crippen molar-refractivity contribution < 1.29 is 18.3 Å². The van der Waals surface area contributed by atoms with Crippen LogP contribution in [0.2, 0.25) is 0 Å². The van der Waals surface area contributed by atoms with Crippen LogP contribution in [0.5, 0.6) is 0 Å². The second kappa shape index (κ2) is 6.70. The molecule has 0 saturated heterocycles. The van der Waals surface area contributed by atoms with Gasteiger partial charge in [0, 0.05) is 17.8 Å². The van der Waals surface area contributed by atoms with Crippen LogP contribution < -0.4 is 4.72 Å². The Morgan fingerprint density at radius 1 is 1.53 bits per heavy atom. The highest BCUT2D eigenvalue weighted by molar-refractivity contribution is 7.89. The number of sulfonamides is 1. The molecular formula is C12H15NO4S2. The van der Waals surface area contributed by atoms with E-state index in [9.17, 15) is 13.2 Å². The lowest BCUT2D eigenvalue weighted by Gasteiger charge is -2.05.